The molecule has 0 fully saturated rings. The number of nitrogens with zero attached hydrogens (tertiary/aromatic N) is 2. The van der Waals surface area contributed by atoms with E-state index in [1.807, 2.05) is 0 Å². The number of halogens is 2. The van der Waals surface area contributed by atoms with Crippen molar-refractivity contribution in [1.82, 2.24) is 9.55 Å². The SMILES string of the molecule is C=CCn1cnc(-c2ccc(Cl)cc2F)c1N. The Morgan fingerprint density at radius 1 is 1.53 bits per heavy atom. The predicted octanol–water partition coefficient (Wildman–Crippen LogP) is 3.11. The smallest absolute Gasteiger partial charge is 0.134 e. The summed E-state index contributed by atoms with van der Waals surface area (Å²) in [6.45, 7) is 4.15. The molecule has 1 aromatic carbocycles. The molecule has 3 nitrogen and oxygen atoms in total. The zero-order valence-corrected chi connectivity index (χ0v) is 9.78. The standard InChI is InChI=1S/C12H11ClFN3/c1-2-5-17-7-16-11(12(17)15)9-4-3-8(13)6-10(9)14/h2-4,6-7H,1,5,15H2. The van der Waals surface area contributed by atoms with Crippen LogP contribution in [0, 0.1) is 5.82 Å². The molecular formula is C12H11ClFN3. The Morgan fingerprint density at radius 3 is 2.94 bits per heavy atom. The van der Waals surface area contributed by atoms with Crippen molar-refractivity contribution in [3.05, 3.63) is 48.0 Å². The van der Waals surface area contributed by atoms with Gasteiger partial charge in [-0.1, -0.05) is 17.7 Å². The highest BCUT2D eigenvalue weighted by molar-refractivity contribution is 6.30. The number of rotatable bonds is 3. The fourth-order valence-corrected chi connectivity index (χ4v) is 1.72. The average Bonchev–Trinajstić information content (AvgIpc) is 2.62. The van der Waals surface area contributed by atoms with Crippen LogP contribution >= 0.6 is 11.6 Å². The summed E-state index contributed by atoms with van der Waals surface area (Å²) in [5, 5.41) is 0.343. The second-order valence-corrected chi connectivity index (χ2v) is 3.98. The molecule has 0 bridgehead atoms. The Kier molecular flexibility index (Phi) is 3.15. The maximum Gasteiger partial charge on any atom is 0.134 e. The lowest BCUT2D eigenvalue weighted by molar-refractivity contribution is 0.631. The van der Waals surface area contributed by atoms with Gasteiger partial charge in [0.25, 0.3) is 0 Å². The van der Waals surface area contributed by atoms with Crippen molar-refractivity contribution in [2.24, 2.45) is 0 Å². The van der Waals surface area contributed by atoms with Crippen LogP contribution < -0.4 is 5.73 Å². The molecule has 2 aromatic rings. The van der Waals surface area contributed by atoms with E-state index >= 15 is 0 Å². The number of allylic oxidation sites excluding steroid dienone is 1. The number of hydrogen-bond acceptors (Lipinski definition) is 2. The molecule has 0 unspecified atom stereocenters. The van der Waals surface area contributed by atoms with E-state index < -0.39 is 5.82 Å². The first-order chi connectivity index (χ1) is 8.13. The van der Waals surface area contributed by atoms with Crippen LogP contribution in [0.1, 0.15) is 0 Å². The summed E-state index contributed by atoms with van der Waals surface area (Å²) in [7, 11) is 0. The summed E-state index contributed by atoms with van der Waals surface area (Å²) in [4.78, 5) is 4.10. The third-order valence-corrected chi connectivity index (χ3v) is 2.63. The summed E-state index contributed by atoms with van der Waals surface area (Å²) in [6.07, 6.45) is 3.25. The van der Waals surface area contributed by atoms with Gasteiger partial charge in [-0.2, -0.15) is 0 Å². The third-order valence-electron chi connectivity index (χ3n) is 2.39. The first kappa shape index (κ1) is 11.7. The van der Waals surface area contributed by atoms with Crippen LogP contribution in [0.25, 0.3) is 11.3 Å². The van der Waals surface area contributed by atoms with Crippen molar-refractivity contribution in [3.8, 4) is 11.3 Å². The molecular weight excluding hydrogens is 241 g/mol. The van der Waals surface area contributed by atoms with Crippen molar-refractivity contribution < 1.29 is 4.39 Å². The van der Waals surface area contributed by atoms with Gasteiger partial charge < -0.3 is 10.3 Å². The molecule has 0 spiro atoms. The molecule has 2 N–H and O–H groups in total. The Bertz CT molecular complexity index is 563. The maximum atomic E-state index is 13.7. The van der Waals surface area contributed by atoms with Gasteiger partial charge in [0.2, 0.25) is 0 Å². The van der Waals surface area contributed by atoms with Crippen LogP contribution in [-0.4, -0.2) is 9.55 Å². The van der Waals surface area contributed by atoms with E-state index in [1.165, 1.54) is 6.07 Å². The van der Waals surface area contributed by atoms with Crippen LogP contribution in [-0.2, 0) is 6.54 Å². The molecule has 0 atom stereocenters. The fraction of sp³-hybridized carbons (Fsp3) is 0.0833. The van der Waals surface area contributed by atoms with Gasteiger partial charge in [-0.15, -0.1) is 6.58 Å². The number of nitrogen functional groups attached to an aromatic ring is 1. The maximum absolute atomic E-state index is 13.7. The van der Waals surface area contributed by atoms with Crippen molar-refractivity contribution >= 4 is 17.4 Å². The highest BCUT2D eigenvalue weighted by Crippen LogP contribution is 2.28. The molecule has 1 heterocycles. The largest absolute Gasteiger partial charge is 0.383 e. The highest BCUT2D eigenvalue weighted by atomic mass is 35.5. The van der Waals surface area contributed by atoms with E-state index in [0.29, 0.717) is 28.6 Å². The Labute approximate surface area is 103 Å². The number of nitrogens with two attached hydrogens (primary N) is 1. The number of imidazole rings is 1. The molecule has 0 saturated heterocycles. The van der Waals surface area contributed by atoms with Gasteiger partial charge in [0, 0.05) is 17.1 Å². The van der Waals surface area contributed by atoms with E-state index in [-0.39, 0.29) is 0 Å². The van der Waals surface area contributed by atoms with Gasteiger partial charge in [0.1, 0.15) is 17.3 Å². The van der Waals surface area contributed by atoms with Gasteiger partial charge in [-0.05, 0) is 18.2 Å². The molecule has 1 aromatic heterocycles. The predicted molar refractivity (Wildman–Crippen MR) is 67.2 cm³/mol. The molecule has 0 aliphatic rings. The van der Waals surface area contributed by atoms with E-state index in [1.54, 1.807) is 29.1 Å². The third kappa shape index (κ3) is 2.17. The van der Waals surface area contributed by atoms with Crippen molar-refractivity contribution in [1.29, 1.82) is 0 Å². The highest BCUT2D eigenvalue weighted by Gasteiger charge is 2.13. The Hall–Kier alpha value is -1.81. The van der Waals surface area contributed by atoms with Crippen molar-refractivity contribution in [3.63, 3.8) is 0 Å². The summed E-state index contributed by atoms with van der Waals surface area (Å²) in [5.41, 5.74) is 6.64. The van der Waals surface area contributed by atoms with Gasteiger partial charge in [0.15, 0.2) is 0 Å². The lowest BCUT2D eigenvalue weighted by Crippen LogP contribution is -2.00. The molecule has 0 aliphatic heterocycles. The molecule has 0 aliphatic carbocycles. The molecule has 2 rings (SSSR count). The summed E-state index contributed by atoms with van der Waals surface area (Å²) >= 11 is 5.69. The minimum absolute atomic E-state index is 0.342. The zero-order valence-electron chi connectivity index (χ0n) is 9.03. The van der Waals surface area contributed by atoms with Crippen molar-refractivity contribution in [2.45, 2.75) is 6.54 Å². The number of benzene rings is 1. The lowest BCUT2D eigenvalue weighted by atomic mass is 10.1. The molecule has 0 amide bonds. The van der Waals surface area contributed by atoms with Gasteiger partial charge >= 0.3 is 0 Å². The van der Waals surface area contributed by atoms with Crippen LogP contribution in [0.4, 0.5) is 10.2 Å². The van der Waals surface area contributed by atoms with E-state index in [9.17, 15) is 4.39 Å². The summed E-state index contributed by atoms with van der Waals surface area (Å²) < 4.78 is 15.4. The second-order valence-electron chi connectivity index (χ2n) is 3.54. The zero-order chi connectivity index (χ0) is 12.4. The minimum Gasteiger partial charge on any atom is -0.383 e. The van der Waals surface area contributed by atoms with Gasteiger partial charge in [-0.25, -0.2) is 9.37 Å². The molecule has 88 valence electrons. The summed E-state index contributed by atoms with van der Waals surface area (Å²) in [5.74, 6) is -0.0285. The minimum atomic E-state index is -0.437. The van der Waals surface area contributed by atoms with Crippen LogP contribution in [0.15, 0.2) is 37.2 Å². The quantitative estimate of drug-likeness (QED) is 0.852. The number of anilines is 1. The van der Waals surface area contributed by atoms with Gasteiger partial charge in [0.05, 0.1) is 6.33 Å². The van der Waals surface area contributed by atoms with Gasteiger partial charge in [-0.3, -0.25) is 0 Å². The number of aromatic nitrogens is 2. The fourth-order valence-electron chi connectivity index (χ4n) is 1.57. The van der Waals surface area contributed by atoms with Crippen LogP contribution in [0.5, 0.6) is 0 Å². The molecule has 0 radical (unpaired) electrons. The van der Waals surface area contributed by atoms with Crippen LogP contribution in [0.2, 0.25) is 5.02 Å². The molecule has 5 heteroatoms. The molecule has 0 saturated carbocycles. The average molecular weight is 252 g/mol. The van der Waals surface area contributed by atoms with E-state index in [0.717, 1.165) is 0 Å². The Morgan fingerprint density at radius 2 is 2.29 bits per heavy atom. The van der Waals surface area contributed by atoms with Crippen molar-refractivity contribution in [2.75, 3.05) is 5.73 Å². The van der Waals surface area contributed by atoms with Crippen LogP contribution in [0.3, 0.4) is 0 Å². The first-order valence-corrected chi connectivity index (χ1v) is 5.38. The normalized spacial score (nSPS) is 10.5. The lowest BCUT2D eigenvalue weighted by Gasteiger charge is -2.04. The topological polar surface area (TPSA) is 43.8 Å². The Balaban J connectivity index is 2.49. The summed E-state index contributed by atoms with van der Waals surface area (Å²) in [6, 6.07) is 4.41. The number of hydrogen-bond donors (Lipinski definition) is 1. The van der Waals surface area contributed by atoms with E-state index in [4.69, 9.17) is 17.3 Å². The molecule has 17 heavy (non-hydrogen) atoms. The van der Waals surface area contributed by atoms with E-state index in [2.05, 4.69) is 11.6 Å². The second kappa shape index (κ2) is 4.59. The first-order valence-electron chi connectivity index (χ1n) is 5.00. The monoisotopic (exact) mass is 251 g/mol.